The summed E-state index contributed by atoms with van der Waals surface area (Å²) in [5, 5.41) is 6.84. The van der Waals surface area contributed by atoms with Crippen molar-refractivity contribution in [1.29, 1.82) is 0 Å². The van der Waals surface area contributed by atoms with Crippen molar-refractivity contribution >= 4 is 35.8 Å². The Morgan fingerprint density at radius 1 is 1.32 bits per heavy atom. The molecule has 3 unspecified atom stereocenters. The third-order valence-corrected chi connectivity index (χ3v) is 5.63. The third-order valence-electron chi connectivity index (χ3n) is 5.63. The largest absolute Gasteiger partial charge is 0.443 e. The lowest BCUT2D eigenvalue weighted by atomic mass is 9.94. The highest BCUT2D eigenvalue weighted by Crippen LogP contribution is 2.44. The van der Waals surface area contributed by atoms with Gasteiger partial charge >= 0.3 is 0 Å². The predicted octanol–water partition coefficient (Wildman–Crippen LogP) is 2.90. The molecule has 2 aliphatic rings. The van der Waals surface area contributed by atoms with Crippen LogP contribution in [0.25, 0.3) is 0 Å². The number of rotatable bonds is 5. The van der Waals surface area contributed by atoms with Crippen LogP contribution in [0.4, 0.5) is 0 Å². The number of nitrogens with one attached hydrogen (secondary N) is 2. The minimum absolute atomic E-state index is 0. The molecular weight excluding hydrogens is 469 g/mol. The van der Waals surface area contributed by atoms with E-state index in [1.165, 1.54) is 25.7 Å². The molecule has 8 heteroatoms. The second-order valence-corrected chi connectivity index (χ2v) is 9.10. The molecule has 158 valence electrons. The van der Waals surface area contributed by atoms with Gasteiger partial charge in [0.2, 0.25) is 11.8 Å². The molecule has 1 aromatic heterocycles. The number of hydrogen-bond acceptors (Lipinski definition) is 4. The Bertz CT molecular complexity index is 695. The molecule has 28 heavy (non-hydrogen) atoms. The van der Waals surface area contributed by atoms with Crippen LogP contribution in [-0.2, 0) is 16.8 Å². The predicted molar refractivity (Wildman–Crippen MR) is 121 cm³/mol. The van der Waals surface area contributed by atoms with Crippen molar-refractivity contribution in [2.75, 3.05) is 20.6 Å². The summed E-state index contributed by atoms with van der Waals surface area (Å²) in [7, 11) is 3.49. The van der Waals surface area contributed by atoms with E-state index in [2.05, 4.69) is 41.4 Å². The van der Waals surface area contributed by atoms with Crippen molar-refractivity contribution in [2.24, 2.45) is 16.8 Å². The molecule has 2 bridgehead atoms. The number of nitrogens with zero attached hydrogens (tertiary/aromatic N) is 3. The normalized spacial score (nSPS) is 24.0. The molecule has 1 amide bonds. The molecule has 0 spiro atoms. The number of fused-ring (bicyclic) bond motifs is 2. The summed E-state index contributed by atoms with van der Waals surface area (Å²) in [5.74, 6) is 3.70. The van der Waals surface area contributed by atoms with Gasteiger partial charge in [-0.2, -0.15) is 0 Å². The highest BCUT2D eigenvalue weighted by atomic mass is 127. The fraction of sp³-hybridized carbons (Fsp3) is 0.750. The van der Waals surface area contributed by atoms with Crippen molar-refractivity contribution in [3.05, 3.63) is 17.8 Å². The summed E-state index contributed by atoms with van der Waals surface area (Å²) < 4.78 is 5.85. The van der Waals surface area contributed by atoms with Crippen molar-refractivity contribution in [1.82, 2.24) is 20.5 Å². The van der Waals surface area contributed by atoms with Crippen LogP contribution in [0.5, 0.6) is 0 Å². The molecule has 0 aliphatic heterocycles. The fourth-order valence-electron chi connectivity index (χ4n) is 3.94. The number of aromatic nitrogens is 1. The van der Waals surface area contributed by atoms with E-state index in [4.69, 9.17) is 4.42 Å². The Morgan fingerprint density at radius 3 is 2.61 bits per heavy atom. The van der Waals surface area contributed by atoms with E-state index in [9.17, 15) is 4.79 Å². The zero-order valence-corrected chi connectivity index (χ0v) is 19.9. The molecular formula is C20H34IN5O2. The zero-order valence-electron chi connectivity index (χ0n) is 17.6. The Hall–Kier alpha value is -1.32. The van der Waals surface area contributed by atoms with Crippen molar-refractivity contribution in [3.8, 4) is 0 Å². The van der Waals surface area contributed by atoms with Gasteiger partial charge in [-0.25, -0.2) is 9.98 Å². The monoisotopic (exact) mass is 503 g/mol. The molecule has 7 nitrogen and oxygen atoms in total. The first-order chi connectivity index (χ1) is 12.7. The van der Waals surface area contributed by atoms with Gasteiger partial charge in [-0.1, -0.05) is 27.2 Å². The molecule has 3 atom stereocenters. The van der Waals surface area contributed by atoms with Gasteiger partial charge in [-0.3, -0.25) is 4.79 Å². The second-order valence-electron chi connectivity index (χ2n) is 9.10. The number of carbonyl (C=O) groups excluding carboxylic acids is 1. The van der Waals surface area contributed by atoms with Crippen LogP contribution >= 0.6 is 24.0 Å². The van der Waals surface area contributed by atoms with Crippen LogP contribution in [0.2, 0.25) is 0 Å². The molecule has 0 aromatic carbocycles. The lowest BCUT2D eigenvalue weighted by Crippen LogP contribution is -2.46. The Labute approximate surface area is 185 Å². The average molecular weight is 503 g/mol. The maximum absolute atomic E-state index is 11.9. The summed E-state index contributed by atoms with van der Waals surface area (Å²) in [6.45, 7) is 6.87. The van der Waals surface area contributed by atoms with Gasteiger partial charge in [-0.05, 0) is 31.1 Å². The quantitative estimate of drug-likeness (QED) is 0.367. The lowest BCUT2D eigenvalue weighted by molar-refractivity contribution is -0.127. The number of guanidine groups is 1. The minimum Gasteiger partial charge on any atom is -0.443 e. The van der Waals surface area contributed by atoms with Gasteiger partial charge in [0, 0.05) is 25.6 Å². The standard InChI is InChI=1S/C20H33N5O2.HI/c1-20(2,3)16-10-21-17(27-16)11-22-19(23-12-18(26)25(4)5)24-15-9-13-6-7-14(15)8-13;/h10,13-15H,6-9,11-12H2,1-5H3,(H2,22,23,24);1H. The first-order valence-corrected chi connectivity index (χ1v) is 9.92. The molecule has 0 radical (unpaired) electrons. The van der Waals surface area contributed by atoms with E-state index in [1.807, 2.05) is 0 Å². The van der Waals surface area contributed by atoms with Crippen molar-refractivity contribution in [2.45, 2.75) is 64.5 Å². The van der Waals surface area contributed by atoms with Gasteiger partial charge in [0.05, 0.1) is 12.7 Å². The van der Waals surface area contributed by atoms with Crippen LogP contribution in [-0.4, -0.2) is 48.4 Å². The van der Waals surface area contributed by atoms with E-state index in [-0.39, 0.29) is 41.8 Å². The molecule has 2 N–H and O–H groups in total. The Morgan fingerprint density at radius 2 is 2.07 bits per heavy atom. The number of aliphatic imine (C=N–C) groups is 1. The summed E-state index contributed by atoms with van der Waals surface area (Å²) in [4.78, 5) is 22.3. The number of hydrogen-bond donors (Lipinski definition) is 2. The number of amides is 1. The van der Waals surface area contributed by atoms with Gasteiger partial charge in [0.25, 0.3) is 0 Å². The molecule has 1 heterocycles. The third kappa shape index (κ3) is 5.84. The topological polar surface area (TPSA) is 82.8 Å². The fourth-order valence-corrected chi connectivity index (χ4v) is 3.94. The molecule has 3 rings (SSSR count). The van der Waals surface area contributed by atoms with Crippen molar-refractivity contribution < 1.29 is 9.21 Å². The Kier molecular flexibility index (Phi) is 7.75. The number of oxazole rings is 1. The van der Waals surface area contributed by atoms with Gasteiger partial charge in [0.1, 0.15) is 12.3 Å². The van der Waals surface area contributed by atoms with Gasteiger partial charge in [0.15, 0.2) is 5.96 Å². The minimum atomic E-state index is -0.0678. The first kappa shape index (κ1) is 23.0. The summed E-state index contributed by atoms with van der Waals surface area (Å²) in [5.41, 5.74) is -0.0678. The van der Waals surface area contributed by atoms with E-state index in [1.54, 1.807) is 25.2 Å². The summed E-state index contributed by atoms with van der Waals surface area (Å²) in [6, 6.07) is 0.444. The number of carbonyl (C=O) groups is 1. The van der Waals surface area contributed by atoms with Crippen LogP contribution in [0.1, 0.15) is 58.1 Å². The van der Waals surface area contributed by atoms with Crippen LogP contribution in [0.15, 0.2) is 15.6 Å². The van der Waals surface area contributed by atoms with E-state index in [0.29, 0.717) is 24.4 Å². The highest BCUT2D eigenvalue weighted by Gasteiger charge is 2.39. The van der Waals surface area contributed by atoms with E-state index < -0.39 is 0 Å². The van der Waals surface area contributed by atoms with Crippen LogP contribution < -0.4 is 10.6 Å². The average Bonchev–Trinajstić information content (AvgIpc) is 3.32. The molecule has 1 aromatic rings. The van der Waals surface area contributed by atoms with Crippen LogP contribution in [0, 0.1) is 11.8 Å². The molecule has 2 fully saturated rings. The van der Waals surface area contributed by atoms with Gasteiger partial charge in [-0.15, -0.1) is 24.0 Å². The smallest absolute Gasteiger partial charge is 0.243 e. The SMILES string of the molecule is CN(C)C(=O)CN=C(NCc1ncc(C(C)(C)C)o1)NC1CC2CCC1C2.I. The second kappa shape index (κ2) is 9.45. The van der Waals surface area contributed by atoms with E-state index in [0.717, 1.165) is 17.6 Å². The molecule has 2 aliphatic carbocycles. The number of halogens is 1. The summed E-state index contributed by atoms with van der Waals surface area (Å²) >= 11 is 0. The molecule has 2 saturated carbocycles. The van der Waals surface area contributed by atoms with Crippen LogP contribution in [0.3, 0.4) is 0 Å². The van der Waals surface area contributed by atoms with Gasteiger partial charge < -0.3 is 20.0 Å². The van der Waals surface area contributed by atoms with E-state index >= 15 is 0 Å². The van der Waals surface area contributed by atoms with Crippen molar-refractivity contribution in [3.63, 3.8) is 0 Å². The highest BCUT2D eigenvalue weighted by molar-refractivity contribution is 14.0. The maximum Gasteiger partial charge on any atom is 0.243 e. The lowest BCUT2D eigenvalue weighted by Gasteiger charge is -2.25. The summed E-state index contributed by atoms with van der Waals surface area (Å²) in [6.07, 6.45) is 6.94. The maximum atomic E-state index is 11.9. The number of likely N-dealkylation sites (N-methyl/N-ethyl adjacent to an activating group) is 1. The first-order valence-electron chi connectivity index (χ1n) is 9.92. The Balaban J connectivity index is 0.00000280. The zero-order chi connectivity index (χ0) is 19.6. The molecule has 0 saturated heterocycles.